The van der Waals surface area contributed by atoms with Crippen molar-refractivity contribution in [3.05, 3.63) is 53.1 Å². The Balaban J connectivity index is 1.54. The van der Waals surface area contributed by atoms with Crippen molar-refractivity contribution in [3.63, 3.8) is 0 Å². The van der Waals surface area contributed by atoms with Crippen molar-refractivity contribution in [2.75, 3.05) is 26.2 Å². The number of aromatic nitrogens is 1. The molecule has 0 unspecified atom stereocenters. The Labute approximate surface area is 185 Å². The van der Waals surface area contributed by atoms with Gasteiger partial charge in [0, 0.05) is 36.5 Å². The predicted octanol–water partition coefficient (Wildman–Crippen LogP) is 5.17. The highest BCUT2D eigenvalue weighted by molar-refractivity contribution is 5.94. The van der Waals surface area contributed by atoms with E-state index in [1.165, 1.54) is 19.0 Å². The molecule has 2 aromatic rings. The average molecular weight is 449 g/mol. The Morgan fingerprint density at radius 3 is 2.41 bits per heavy atom. The van der Waals surface area contributed by atoms with Crippen LogP contribution in [0.1, 0.15) is 54.2 Å². The number of halogens is 4. The molecule has 172 valence electrons. The van der Waals surface area contributed by atoms with Gasteiger partial charge in [0.15, 0.2) is 0 Å². The maximum absolute atomic E-state index is 14.3. The van der Waals surface area contributed by atoms with Crippen molar-refractivity contribution in [3.8, 4) is 11.1 Å². The van der Waals surface area contributed by atoms with Gasteiger partial charge in [0.05, 0.1) is 5.56 Å². The first kappa shape index (κ1) is 22.7. The number of hydrogen-bond acceptors (Lipinski definition) is 3. The monoisotopic (exact) mass is 449 g/mol. The Hall–Kier alpha value is -2.48. The number of piperidine rings is 1. The predicted molar refractivity (Wildman–Crippen MR) is 114 cm³/mol. The molecule has 2 aliphatic rings. The Morgan fingerprint density at radius 2 is 1.78 bits per heavy atom. The Bertz CT molecular complexity index is 978. The number of pyridine rings is 1. The summed E-state index contributed by atoms with van der Waals surface area (Å²) in [5, 5.41) is 0. The fraction of sp³-hybridized carbons (Fsp3) is 0.500. The first-order valence-electron chi connectivity index (χ1n) is 11.2. The number of aryl methyl sites for hydroxylation is 1. The lowest BCUT2D eigenvalue weighted by Crippen LogP contribution is -2.46. The smallest absolute Gasteiger partial charge is 0.337 e. The van der Waals surface area contributed by atoms with Gasteiger partial charge in [-0.1, -0.05) is 6.92 Å². The van der Waals surface area contributed by atoms with Gasteiger partial charge in [0.1, 0.15) is 11.5 Å². The second-order valence-corrected chi connectivity index (χ2v) is 8.54. The van der Waals surface area contributed by atoms with Crippen LogP contribution >= 0.6 is 0 Å². The number of carbonyl (C=O) groups is 1. The number of rotatable bonds is 4. The van der Waals surface area contributed by atoms with Crippen LogP contribution < -0.4 is 0 Å². The number of alkyl halides is 3. The van der Waals surface area contributed by atoms with Gasteiger partial charge in [0.25, 0.3) is 5.91 Å². The molecule has 4 rings (SSSR count). The lowest BCUT2D eigenvalue weighted by Gasteiger charge is -2.36. The highest BCUT2D eigenvalue weighted by atomic mass is 19.4. The molecule has 0 spiro atoms. The van der Waals surface area contributed by atoms with Gasteiger partial charge in [-0.3, -0.25) is 9.78 Å². The summed E-state index contributed by atoms with van der Waals surface area (Å²) in [6.45, 7) is 5.44. The van der Waals surface area contributed by atoms with Crippen LogP contribution in [0.5, 0.6) is 0 Å². The fourth-order valence-electron chi connectivity index (χ4n) is 4.73. The molecule has 0 saturated carbocycles. The molecule has 3 heterocycles. The molecule has 0 N–H and O–H groups in total. The standard InChI is InChI=1S/C24H27F4N3O/c1-2-16-13-17(20-14-18(24(26,27)28)5-6-21(20)25)15-29-22(16)23(32)31-11-7-19(8-12-31)30-9-3-4-10-30/h5-6,13-15,19H,2-4,7-12H2,1H3. The minimum atomic E-state index is -4.57. The molecule has 0 bridgehead atoms. The summed E-state index contributed by atoms with van der Waals surface area (Å²) in [4.78, 5) is 21.7. The molecule has 2 saturated heterocycles. The van der Waals surface area contributed by atoms with Crippen LogP contribution in [0.2, 0.25) is 0 Å². The van der Waals surface area contributed by atoms with Gasteiger partial charge in [-0.15, -0.1) is 0 Å². The molecule has 0 radical (unpaired) electrons. The normalized spacial score (nSPS) is 18.3. The maximum Gasteiger partial charge on any atom is 0.416 e. The van der Waals surface area contributed by atoms with Gasteiger partial charge in [-0.2, -0.15) is 13.2 Å². The molecule has 1 aromatic heterocycles. The zero-order valence-electron chi connectivity index (χ0n) is 18.1. The minimum Gasteiger partial charge on any atom is -0.337 e. The van der Waals surface area contributed by atoms with E-state index < -0.39 is 17.6 Å². The number of likely N-dealkylation sites (tertiary alicyclic amines) is 2. The van der Waals surface area contributed by atoms with E-state index in [1.807, 2.05) is 6.92 Å². The molecule has 2 aliphatic heterocycles. The fourth-order valence-corrected chi connectivity index (χ4v) is 4.73. The van der Waals surface area contributed by atoms with Gasteiger partial charge in [-0.25, -0.2) is 4.39 Å². The zero-order valence-corrected chi connectivity index (χ0v) is 18.1. The summed E-state index contributed by atoms with van der Waals surface area (Å²) in [5.74, 6) is -0.928. The lowest BCUT2D eigenvalue weighted by molar-refractivity contribution is -0.137. The van der Waals surface area contributed by atoms with Crippen molar-refractivity contribution >= 4 is 5.91 Å². The summed E-state index contributed by atoms with van der Waals surface area (Å²) < 4.78 is 53.5. The van der Waals surface area contributed by atoms with E-state index in [0.29, 0.717) is 36.8 Å². The number of carbonyl (C=O) groups excluding carboxylic acids is 1. The Morgan fingerprint density at radius 1 is 1.09 bits per heavy atom. The third kappa shape index (κ3) is 4.65. The summed E-state index contributed by atoms with van der Waals surface area (Å²) in [6, 6.07) is 4.42. The quantitative estimate of drug-likeness (QED) is 0.605. The molecule has 0 aliphatic carbocycles. The summed E-state index contributed by atoms with van der Waals surface area (Å²) in [5.41, 5.74) is 0.0319. The second-order valence-electron chi connectivity index (χ2n) is 8.54. The first-order valence-corrected chi connectivity index (χ1v) is 11.2. The summed E-state index contributed by atoms with van der Waals surface area (Å²) in [7, 11) is 0. The van der Waals surface area contributed by atoms with E-state index in [0.717, 1.165) is 44.1 Å². The molecule has 1 amide bonds. The van der Waals surface area contributed by atoms with E-state index in [1.54, 1.807) is 11.0 Å². The number of nitrogens with zero attached hydrogens (tertiary/aromatic N) is 3. The van der Waals surface area contributed by atoms with Crippen LogP contribution in [0.4, 0.5) is 17.6 Å². The Kier molecular flexibility index (Phi) is 6.51. The van der Waals surface area contributed by atoms with Crippen molar-refractivity contribution in [2.45, 2.75) is 51.2 Å². The van der Waals surface area contributed by atoms with E-state index in [4.69, 9.17) is 0 Å². The molecule has 2 fully saturated rings. The molecule has 8 heteroatoms. The third-order valence-corrected chi connectivity index (χ3v) is 6.56. The van der Waals surface area contributed by atoms with Gasteiger partial charge >= 0.3 is 6.18 Å². The molecule has 1 aromatic carbocycles. The number of amides is 1. The SMILES string of the molecule is CCc1cc(-c2cc(C(F)(F)F)ccc2F)cnc1C(=O)N1CCC(N2CCCC2)CC1. The number of hydrogen-bond donors (Lipinski definition) is 0. The van der Waals surface area contributed by atoms with Gasteiger partial charge in [-0.05, 0) is 75.0 Å². The lowest BCUT2D eigenvalue weighted by atomic mass is 9.99. The highest BCUT2D eigenvalue weighted by Crippen LogP contribution is 2.34. The molecule has 32 heavy (non-hydrogen) atoms. The molecular weight excluding hydrogens is 422 g/mol. The van der Waals surface area contributed by atoms with Crippen molar-refractivity contribution in [2.24, 2.45) is 0 Å². The van der Waals surface area contributed by atoms with Crippen LogP contribution in [-0.2, 0) is 12.6 Å². The van der Waals surface area contributed by atoms with E-state index >= 15 is 0 Å². The number of benzene rings is 1. The zero-order chi connectivity index (χ0) is 22.9. The third-order valence-electron chi connectivity index (χ3n) is 6.56. The average Bonchev–Trinajstić information content (AvgIpc) is 3.33. The van der Waals surface area contributed by atoms with Gasteiger partial charge < -0.3 is 9.80 Å². The minimum absolute atomic E-state index is 0.169. The van der Waals surface area contributed by atoms with E-state index in [2.05, 4.69) is 9.88 Å². The maximum atomic E-state index is 14.3. The van der Waals surface area contributed by atoms with Crippen molar-refractivity contribution in [1.29, 1.82) is 0 Å². The highest BCUT2D eigenvalue weighted by Gasteiger charge is 2.32. The summed E-state index contributed by atoms with van der Waals surface area (Å²) in [6.07, 6.45) is 1.53. The van der Waals surface area contributed by atoms with Gasteiger partial charge in [0.2, 0.25) is 0 Å². The van der Waals surface area contributed by atoms with Crippen molar-refractivity contribution < 1.29 is 22.4 Å². The summed E-state index contributed by atoms with van der Waals surface area (Å²) >= 11 is 0. The van der Waals surface area contributed by atoms with Crippen LogP contribution in [-0.4, -0.2) is 52.9 Å². The molecule has 4 nitrogen and oxygen atoms in total. The topological polar surface area (TPSA) is 36.4 Å². The van der Waals surface area contributed by atoms with Crippen LogP contribution in [0, 0.1) is 5.82 Å². The first-order chi connectivity index (χ1) is 15.3. The van der Waals surface area contributed by atoms with Crippen LogP contribution in [0.15, 0.2) is 30.5 Å². The largest absolute Gasteiger partial charge is 0.416 e. The van der Waals surface area contributed by atoms with Crippen LogP contribution in [0.3, 0.4) is 0 Å². The molecule has 0 atom stereocenters. The van der Waals surface area contributed by atoms with E-state index in [9.17, 15) is 22.4 Å². The van der Waals surface area contributed by atoms with Crippen LogP contribution in [0.25, 0.3) is 11.1 Å². The second kappa shape index (κ2) is 9.17. The molecular formula is C24H27F4N3O. The van der Waals surface area contributed by atoms with Crippen molar-refractivity contribution in [1.82, 2.24) is 14.8 Å². The van der Waals surface area contributed by atoms with E-state index in [-0.39, 0.29) is 17.0 Å².